The highest BCUT2D eigenvalue weighted by Gasteiger charge is 2.23. The van der Waals surface area contributed by atoms with Gasteiger partial charge in [0.15, 0.2) is 0 Å². The molecule has 0 aliphatic rings. The molecule has 0 fully saturated rings. The fourth-order valence-corrected chi connectivity index (χ4v) is 2.99. The molecular weight excluding hydrogens is 260 g/mol. The van der Waals surface area contributed by atoms with Crippen LogP contribution in [-0.4, -0.2) is 24.3 Å². The van der Waals surface area contributed by atoms with Gasteiger partial charge in [-0.15, -0.1) is 11.3 Å². The van der Waals surface area contributed by atoms with Crippen LogP contribution in [0.3, 0.4) is 0 Å². The van der Waals surface area contributed by atoms with E-state index in [1.54, 1.807) is 11.3 Å². The van der Waals surface area contributed by atoms with E-state index in [1.807, 2.05) is 11.4 Å². The molecule has 2 amide bonds. The minimum Gasteiger partial charge on any atom is -0.396 e. The second-order valence-electron chi connectivity index (χ2n) is 4.55. The molecule has 5 heteroatoms. The standard InChI is InChI=1S/C14H24N2O2S/c1-3-11(4-2)13(12-7-5-10-19-12)16-14(18)15-8-6-9-17/h5,7,10-11,13,17H,3-4,6,8-9H2,1-2H3,(H2,15,16,18). The molecular formula is C14H24N2O2S. The Morgan fingerprint density at radius 3 is 2.68 bits per heavy atom. The van der Waals surface area contributed by atoms with Gasteiger partial charge >= 0.3 is 6.03 Å². The van der Waals surface area contributed by atoms with E-state index in [1.165, 1.54) is 4.88 Å². The Kier molecular flexibility index (Phi) is 7.52. The highest BCUT2D eigenvalue weighted by atomic mass is 32.1. The van der Waals surface area contributed by atoms with Crippen LogP contribution in [0.25, 0.3) is 0 Å². The lowest BCUT2D eigenvalue weighted by Gasteiger charge is -2.25. The Labute approximate surface area is 119 Å². The van der Waals surface area contributed by atoms with Gasteiger partial charge in [-0.05, 0) is 23.8 Å². The topological polar surface area (TPSA) is 61.4 Å². The summed E-state index contributed by atoms with van der Waals surface area (Å²) in [5.74, 6) is 0.447. The zero-order valence-corrected chi connectivity index (χ0v) is 12.5. The fourth-order valence-electron chi connectivity index (χ4n) is 2.12. The number of carbonyl (C=O) groups excluding carboxylic acids is 1. The summed E-state index contributed by atoms with van der Waals surface area (Å²) < 4.78 is 0. The van der Waals surface area contributed by atoms with E-state index in [2.05, 4.69) is 30.5 Å². The van der Waals surface area contributed by atoms with Crippen molar-refractivity contribution in [1.29, 1.82) is 0 Å². The molecule has 1 unspecified atom stereocenters. The van der Waals surface area contributed by atoms with Gasteiger partial charge in [-0.1, -0.05) is 32.8 Å². The lowest BCUT2D eigenvalue weighted by atomic mass is 9.93. The Morgan fingerprint density at radius 2 is 2.16 bits per heavy atom. The van der Waals surface area contributed by atoms with Crippen molar-refractivity contribution < 1.29 is 9.90 Å². The number of hydrogen-bond acceptors (Lipinski definition) is 3. The molecule has 108 valence electrons. The predicted octanol–water partition coefficient (Wildman–Crippen LogP) is 2.91. The zero-order chi connectivity index (χ0) is 14.1. The molecule has 1 atom stereocenters. The van der Waals surface area contributed by atoms with Gasteiger partial charge in [0.05, 0.1) is 6.04 Å². The number of hydrogen-bond donors (Lipinski definition) is 3. The van der Waals surface area contributed by atoms with Crippen LogP contribution >= 0.6 is 11.3 Å². The average molecular weight is 284 g/mol. The first kappa shape index (κ1) is 16.0. The molecule has 0 saturated carbocycles. The fraction of sp³-hybridized carbons (Fsp3) is 0.643. The molecule has 0 aromatic carbocycles. The lowest BCUT2D eigenvalue weighted by molar-refractivity contribution is 0.227. The zero-order valence-electron chi connectivity index (χ0n) is 11.7. The number of nitrogens with one attached hydrogen (secondary N) is 2. The van der Waals surface area contributed by atoms with Crippen LogP contribution in [0.4, 0.5) is 4.79 Å². The molecule has 1 heterocycles. The van der Waals surface area contributed by atoms with E-state index in [9.17, 15) is 4.79 Å². The Balaban J connectivity index is 2.62. The third kappa shape index (κ3) is 5.20. The monoisotopic (exact) mass is 284 g/mol. The van der Waals surface area contributed by atoms with Gasteiger partial charge in [0.2, 0.25) is 0 Å². The molecule has 0 aliphatic heterocycles. The third-order valence-corrected chi connectivity index (χ3v) is 4.23. The number of amides is 2. The largest absolute Gasteiger partial charge is 0.396 e. The Morgan fingerprint density at radius 1 is 1.42 bits per heavy atom. The quantitative estimate of drug-likeness (QED) is 0.643. The lowest BCUT2D eigenvalue weighted by Crippen LogP contribution is -2.40. The molecule has 0 aliphatic carbocycles. The van der Waals surface area contributed by atoms with Crippen molar-refractivity contribution in [1.82, 2.24) is 10.6 Å². The summed E-state index contributed by atoms with van der Waals surface area (Å²) in [5, 5.41) is 16.6. The second kappa shape index (κ2) is 8.93. The van der Waals surface area contributed by atoms with Gasteiger partial charge < -0.3 is 15.7 Å². The van der Waals surface area contributed by atoms with E-state index in [0.717, 1.165) is 12.8 Å². The molecule has 4 nitrogen and oxygen atoms in total. The molecule has 0 saturated heterocycles. The van der Waals surface area contributed by atoms with Crippen LogP contribution in [0.2, 0.25) is 0 Å². The minimum atomic E-state index is -0.154. The molecule has 0 spiro atoms. The number of urea groups is 1. The third-order valence-electron chi connectivity index (χ3n) is 3.28. The first-order chi connectivity index (χ1) is 9.22. The SMILES string of the molecule is CCC(CC)C(NC(=O)NCCCO)c1cccs1. The van der Waals surface area contributed by atoms with Crippen molar-refractivity contribution in [2.45, 2.75) is 39.2 Å². The van der Waals surface area contributed by atoms with Gasteiger partial charge in [-0.25, -0.2) is 4.79 Å². The second-order valence-corrected chi connectivity index (χ2v) is 5.53. The number of thiophene rings is 1. The van der Waals surface area contributed by atoms with Crippen molar-refractivity contribution in [2.75, 3.05) is 13.2 Å². The summed E-state index contributed by atoms with van der Waals surface area (Å²) >= 11 is 1.68. The van der Waals surface area contributed by atoms with E-state index in [4.69, 9.17) is 5.11 Å². The first-order valence-corrected chi connectivity index (χ1v) is 7.79. The number of aliphatic hydroxyl groups excluding tert-OH is 1. The maximum Gasteiger partial charge on any atom is 0.315 e. The van der Waals surface area contributed by atoms with Crippen molar-refractivity contribution in [3.05, 3.63) is 22.4 Å². The van der Waals surface area contributed by atoms with Crippen LogP contribution in [0.1, 0.15) is 44.0 Å². The summed E-state index contributed by atoms with van der Waals surface area (Å²) in [5.41, 5.74) is 0. The van der Waals surface area contributed by atoms with Crippen molar-refractivity contribution in [3.8, 4) is 0 Å². The van der Waals surface area contributed by atoms with Crippen molar-refractivity contribution >= 4 is 17.4 Å². The molecule has 0 bridgehead atoms. The van der Waals surface area contributed by atoms with Crippen LogP contribution in [0, 0.1) is 5.92 Å². The summed E-state index contributed by atoms with van der Waals surface area (Å²) in [6.07, 6.45) is 2.66. The first-order valence-electron chi connectivity index (χ1n) is 6.91. The molecule has 1 aromatic heterocycles. The summed E-state index contributed by atoms with van der Waals surface area (Å²) in [7, 11) is 0. The maximum atomic E-state index is 11.9. The number of carbonyl (C=O) groups is 1. The molecule has 1 rings (SSSR count). The highest BCUT2D eigenvalue weighted by molar-refractivity contribution is 7.10. The van der Waals surface area contributed by atoms with E-state index < -0.39 is 0 Å². The van der Waals surface area contributed by atoms with E-state index in [-0.39, 0.29) is 18.7 Å². The Bertz CT molecular complexity index is 350. The summed E-state index contributed by atoms with van der Waals surface area (Å²) in [6.45, 7) is 4.91. The smallest absolute Gasteiger partial charge is 0.315 e. The summed E-state index contributed by atoms with van der Waals surface area (Å²) in [4.78, 5) is 13.1. The van der Waals surface area contributed by atoms with Gasteiger partial charge in [-0.2, -0.15) is 0 Å². The van der Waals surface area contributed by atoms with Gasteiger partial charge in [0, 0.05) is 18.0 Å². The van der Waals surface area contributed by atoms with Gasteiger partial charge in [-0.3, -0.25) is 0 Å². The molecule has 19 heavy (non-hydrogen) atoms. The average Bonchev–Trinajstić information content (AvgIpc) is 2.93. The van der Waals surface area contributed by atoms with Crippen LogP contribution in [0.5, 0.6) is 0 Å². The van der Waals surface area contributed by atoms with Crippen LogP contribution in [0.15, 0.2) is 17.5 Å². The highest BCUT2D eigenvalue weighted by Crippen LogP contribution is 2.30. The molecule has 0 radical (unpaired) electrons. The number of rotatable bonds is 8. The van der Waals surface area contributed by atoms with Gasteiger partial charge in [0.1, 0.15) is 0 Å². The van der Waals surface area contributed by atoms with Crippen LogP contribution in [-0.2, 0) is 0 Å². The Hall–Kier alpha value is -1.07. The van der Waals surface area contributed by atoms with Crippen LogP contribution < -0.4 is 10.6 Å². The van der Waals surface area contributed by atoms with E-state index >= 15 is 0 Å². The van der Waals surface area contributed by atoms with E-state index in [0.29, 0.717) is 18.9 Å². The minimum absolute atomic E-state index is 0.0733. The van der Waals surface area contributed by atoms with Gasteiger partial charge in [0.25, 0.3) is 0 Å². The molecule has 3 N–H and O–H groups in total. The van der Waals surface area contributed by atoms with Crippen molar-refractivity contribution in [2.24, 2.45) is 5.92 Å². The van der Waals surface area contributed by atoms with Crippen molar-refractivity contribution in [3.63, 3.8) is 0 Å². The summed E-state index contributed by atoms with van der Waals surface area (Å²) in [6, 6.07) is 4.01. The maximum absolute atomic E-state index is 11.9. The number of aliphatic hydroxyl groups is 1. The predicted molar refractivity (Wildman–Crippen MR) is 79.4 cm³/mol. The molecule has 1 aromatic rings. The normalized spacial score (nSPS) is 12.4.